The summed E-state index contributed by atoms with van der Waals surface area (Å²) < 4.78 is 31.7. The van der Waals surface area contributed by atoms with E-state index in [0.29, 0.717) is 0 Å². The molecule has 72 valence electrons. The Kier molecular flexibility index (Phi) is 4.10. The molecule has 7 nitrogen and oxygen atoms in total. The highest BCUT2D eigenvalue weighted by molar-refractivity contribution is 7.80. The van der Waals surface area contributed by atoms with Crippen LogP contribution in [0.15, 0.2) is 0 Å². The maximum Gasteiger partial charge on any atom is 0.397 e. The zero-order valence-electron chi connectivity index (χ0n) is 6.00. The Morgan fingerprint density at radius 2 is 2.08 bits per heavy atom. The minimum Gasteiger partial charge on any atom is -0.480 e. The van der Waals surface area contributed by atoms with E-state index in [1.165, 1.54) is 0 Å². The molecule has 0 rings (SSSR count). The Labute approximate surface area is 69.1 Å². The van der Waals surface area contributed by atoms with Crippen LogP contribution in [0, 0.1) is 0 Å². The van der Waals surface area contributed by atoms with Crippen molar-refractivity contribution in [2.45, 2.75) is 12.5 Å². The van der Waals surface area contributed by atoms with Crippen LogP contribution in [0.25, 0.3) is 0 Å². The van der Waals surface area contributed by atoms with E-state index >= 15 is 0 Å². The zero-order valence-corrected chi connectivity index (χ0v) is 6.82. The van der Waals surface area contributed by atoms with Crippen LogP contribution in [0.3, 0.4) is 0 Å². The summed E-state index contributed by atoms with van der Waals surface area (Å²) in [4.78, 5) is 10.1. The third kappa shape index (κ3) is 6.04. The van der Waals surface area contributed by atoms with E-state index < -0.39 is 29.0 Å². The van der Waals surface area contributed by atoms with Crippen LogP contribution in [-0.4, -0.2) is 36.7 Å². The van der Waals surface area contributed by atoms with Gasteiger partial charge >= 0.3 is 16.4 Å². The van der Waals surface area contributed by atoms with Crippen molar-refractivity contribution in [3.05, 3.63) is 0 Å². The summed E-state index contributed by atoms with van der Waals surface area (Å²) in [5.74, 6) is -1.26. The highest BCUT2D eigenvalue weighted by Crippen LogP contribution is 1.93. The fourth-order valence-corrected chi connectivity index (χ4v) is 0.711. The first kappa shape index (κ1) is 11.3. The van der Waals surface area contributed by atoms with Crippen LogP contribution in [0.4, 0.5) is 0 Å². The van der Waals surface area contributed by atoms with E-state index in [4.69, 9.17) is 15.4 Å². The standard InChI is InChI=1S/C4H9NO6S/c5-3(4(6)7)1-2-11-12(8,9)10/h3H,1-2,5H2,(H,6,7)(H,8,9,10)/t3-/m0/s1. The van der Waals surface area contributed by atoms with E-state index in [1.807, 2.05) is 0 Å². The van der Waals surface area contributed by atoms with Crippen LogP contribution >= 0.6 is 0 Å². The van der Waals surface area contributed by atoms with Crippen molar-refractivity contribution in [3.63, 3.8) is 0 Å². The van der Waals surface area contributed by atoms with E-state index in [0.717, 1.165) is 0 Å². The Hall–Kier alpha value is -0.700. The summed E-state index contributed by atoms with van der Waals surface area (Å²) >= 11 is 0. The van der Waals surface area contributed by atoms with Crippen LogP contribution in [-0.2, 0) is 19.4 Å². The molecule has 0 aromatic carbocycles. The largest absolute Gasteiger partial charge is 0.480 e. The van der Waals surface area contributed by atoms with Crippen molar-refractivity contribution in [2.24, 2.45) is 5.73 Å². The maximum atomic E-state index is 10.1. The molecule has 0 aliphatic carbocycles. The second kappa shape index (κ2) is 4.36. The quantitative estimate of drug-likeness (QED) is 0.465. The van der Waals surface area contributed by atoms with Crippen LogP contribution in [0.1, 0.15) is 6.42 Å². The average molecular weight is 199 g/mol. The molecule has 0 saturated carbocycles. The van der Waals surface area contributed by atoms with Gasteiger partial charge in [0.25, 0.3) is 0 Å². The molecule has 0 spiro atoms. The fourth-order valence-electron chi connectivity index (χ4n) is 0.404. The number of hydrogen-bond acceptors (Lipinski definition) is 5. The predicted octanol–water partition coefficient (Wildman–Crippen LogP) is -1.39. The lowest BCUT2D eigenvalue weighted by Crippen LogP contribution is -2.31. The van der Waals surface area contributed by atoms with Gasteiger partial charge in [-0.15, -0.1) is 0 Å². The first-order valence-corrected chi connectivity index (χ1v) is 4.29. The summed E-state index contributed by atoms with van der Waals surface area (Å²) in [6, 6.07) is -1.19. The maximum absolute atomic E-state index is 10.1. The molecule has 0 fully saturated rings. The van der Waals surface area contributed by atoms with Crippen LogP contribution < -0.4 is 5.73 Å². The lowest BCUT2D eigenvalue weighted by Gasteiger charge is -2.04. The van der Waals surface area contributed by atoms with Crippen molar-refractivity contribution in [3.8, 4) is 0 Å². The number of carboxylic acids is 1. The van der Waals surface area contributed by atoms with Crippen LogP contribution in [0.2, 0.25) is 0 Å². The number of hydrogen-bond donors (Lipinski definition) is 3. The molecule has 0 aromatic heterocycles. The van der Waals surface area contributed by atoms with Gasteiger partial charge in [0.05, 0.1) is 6.61 Å². The monoisotopic (exact) mass is 199 g/mol. The van der Waals surface area contributed by atoms with Gasteiger partial charge in [-0.25, -0.2) is 4.18 Å². The molecule has 0 unspecified atom stereocenters. The molecule has 0 heterocycles. The molecule has 1 atom stereocenters. The molecule has 8 heteroatoms. The van der Waals surface area contributed by atoms with Crippen molar-refractivity contribution < 1.29 is 27.1 Å². The number of rotatable bonds is 5. The summed E-state index contributed by atoms with van der Waals surface area (Å²) in [5, 5.41) is 8.22. The molecule has 4 N–H and O–H groups in total. The average Bonchev–Trinajstić information content (AvgIpc) is 1.84. The molecule has 0 aromatic rings. The van der Waals surface area contributed by atoms with Crippen molar-refractivity contribution in [1.82, 2.24) is 0 Å². The number of aliphatic carboxylic acids is 1. The van der Waals surface area contributed by atoms with Gasteiger partial charge in [-0.3, -0.25) is 9.35 Å². The summed E-state index contributed by atoms with van der Waals surface area (Å²) in [6.45, 7) is -0.452. The molecular weight excluding hydrogens is 190 g/mol. The summed E-state index contributed by atoms with van der Waals surface area (Å²) in [6.07, 6.45) is -0.185. The minimum atomic E-state index is -4.49. The van der Waals surface area contributed by atoms with E-state index in [9.17, 15) is 13.2 Å². The van der Waals surface area contributed by atoms with E-state index in [-0.39, 0.29) is 6.42 Å². The van der Waals surface area contributed by atoms with Gasteiger partial charge in [0.1, 0.15) is 6.04 Å². The SMILES string of the molecule is N[C@@H](CCOS(=O)(=O)O)C(=O)O. The molecular formula is C4H9NO6S. The van der Waals surface area contributed by atoms with Gasteiger partial charge in [0.15, 0.2) is 0 Å². The van der Waals surface area contributed by atoms with Gasteiger partial charge < -0.3 is 10.8 Å². The second-order valence-electron chi connectivity index (χ2n) is 1.98. The van der Waals surface area contributed by atoms with Crippen molar-refractivity contribution in [1.29, 1.82) is 0 Å². The summed E-state index contributed by atoms with van der Waals surface area (Å²) in [5.41, 5.74) is 4.99. The normalized spacial score (nSPS) is 14.2. The third-order valence-electron chi connectivity index (χ3n) is 0.978. The van der Waals surface area contributed by atoms with Gasteiger partial charge in [0.2, 0.25) is 0 Å². The Morgan fingerprint density at radius 3 is 2.42 bits per heavy atom. The van der Waals surface area contributed by atoms with Gasteiger partial charge in [-0.05, 0) is 6.42 Å². The van der Waals surface area contributed by atoms with Gasteiger partial charge in [-0.1, -0.05) is 0 Å². The Morgan fingerprint density at radius 1 is 1.58 bits per heavy atom. The van der Waals surface area contributed by atoms with Gasteiger partial charge in [-0.2, -0.15) is 8.42 Å². The predicted molar refractivity (Wildman–Crippen MR) is 37.7 cm³/mol. The second-order valence-corrected chi connectivity index (χ2v) is 3.07. The van der Waals surface area contributed by atoms with Crippen LogP contribution in [0.5, 0.6) is 0 Å². The molecule has 0 saturated heterocycles. The molecule has 0 amide bonds. The summed E-state index contributed by atoms with van der Waals surface area (Å²) in [7, 11) is -4.49. The Balaban J connectivity index is 3.65. The molecule has 0 radical (unpaired) electrons. The number of carboxylic acid groups (broad SMARTS) is 1. The lowest BCUT2D eigenvalue weighted by molar-refractivity contribution is -0.138. The zero-order chi connectivity index (χ0) is 9.78. The van der Waals surface area contributed by atoms with Crippen molar-refractivity contribution in [2.75, 3.05) is 6.61 Å². The molecule has 12 heavy (non-hydrogen) atoms. The first-order valence-electron chi connectivity index (χ1n) is 2.93. The smallest absolute Gasteiger partial charge is 0.397 e. The van der Waals surface area contributed by atoms with Crippen molar-refractivity contribution >= 4 is 16.4 Å². The third-order valence-corrected chi connectivity index (χ3v) is 1.44. The molecule has 0 aliphatic heterocycles. The minimum absolute atomic E-state index is 0.185. The van der Waals surface area contributed by atoms with Gasteiger partial charge in [0, 0.05) is 0 Å². The highest BCUT2D eigenvalue weighted by atomic mass is 32.3. The fraction of sp³-hybridized carbons (Fsp3) is 0.750. The molecule has 0 aliphatic rings. The van der Waals surface area contributed by atoms with E-state index in [2.05, 4.69) is 4.18 Å². The topological polar surface area (TPSA) is 127 Å². The highest BCUT2D eigenvalue weighted by Gasteiger charge is 2.12. The lowest BCUT2D eigenvalue weighted by atomic mass is 10.2. The van der Waals surface area contributed by atoms with E-state index in [1.54, 1.807) is 0 Å². The molecule has 0 bridgehead atoms. The number of nitrogens with two attached hydrogens (primary N) is 1. The first-order chi connectivity index (χ1) is 5.33. The number of carbonyl (C=O) groups is 1. The Bertz CT molecular complexity index is 246.